The van der Waals surface area contributed by atoms with Crippen molar-refractivity contribution in [2.45, 2.75) is 128 Å². The molecule has 638 valence electrons. The highest BCUT2D eigenvalue weighted by atomic mass is 15.2. The first-order valence-electron chi connectivity index (χ1n) is 53.7. The van der Waals surface area contributed by atoms with Gasteiger partial charge < -0.3 is 18.9 Å². The lowest BCUT2D eigenvalue weighted by Gasteiger charge is -2.45. The number of hydrogen-bond donors (Lipinski definition) is 0. The average Bonchev–Trinajstić information content (AvgIpc) is 1.51. The molecule has 0 radical (unpaired) electrons. The fourth-order valence-electron chi connectivity index (χ4n) is 23.7. The summed E-state index contributed by atoms with van der Waals surface area (Å²) in [5.41, 5.74) is 34.0. The standard InChI is InChI=1S/C126H101BN6/c1-122(2,3)83-54-50-79(99(70-83)81-52-59-95-93-37-15-23-45-107(93)125(109(95)68-81)103-41-19-11-33-89(103)90-34-12-20-42-104(90)125)31-27-29-65-130-117-75-87(132-113-47-25-17-39-97(113)101-67-78(77-128)49-63-115(101)132)57-61-111(117)127-112-62-58-88(133-114-48-26-18-40-98(114)102-74-86(129-10)56-64-116(102)133)76-118(112)131(120-73-85(124(7,8)9)72-119(130)121(120)127)66-30-28-32-80-51-55-84(123(4,5)6)71-100(80)82-53-60-96-94-38-16-24-46-108(94)126(110(96)69-82)105-43-21-13-35-91(105)92-36-14-22-44-106(92)126/h11-26,33-64,67-76H,27-32,65-66H2,1-9H3/i17D,18D,25D,26D,39D,40D,47D,48D,49D,56D,63D,64D,67D,74D. The predicted molar refractivity (Wildman–Crippen MR) is 556 cm³/mol. The molecule has 133 heavy (non-hydrogen) atoms. The lowest BCUT2D eigenvalue weighted by Crippen LogP contribution is -2.62. The predicted octanol–water partition coefficient (Wildman–Crippen LogP) is 29.7. The van der Waals surface area contributed by atoms with Gasteiger partial charge in [0.15, 0.2) is 5.69 Å². The van der Waals surface area contributed by atoms with Gasteiger partial charge in [0, 0.05) is 66.1 Å². The third-order valence-corrected chi connectivity index (χ3v) is 29.9. The van der Waals surface area contributed by atoms with E-state index in [1.165, 1.54) is 111 Å². The van der Waals surface area contributed by atoms with Gasteiger partial charge >= 0.3 is 0 Å². The summed E-state index contributed by atoms with van der Waals surface area (Å²) in [6, 6.07) is 93.7. The molecule has 4 aliphatic carbocycles. The van der Waals surface area contributed by atoms with Crippen LogP contribution in [0.5, 0.6) is 0 Å². The van der Waals surface area contributed by atoms with Crippen molar-refractivity contribution in [2.75, 3.05) is 22.9 Å². The highest BCUT2D eigenvalue weighted by Crippen LogP contribution is 2.66. The molecular weight excluding hydrogens is 1610 g/mol. The maximum atomic E-state index is 10.7. The van der Waals surface area contributed by atoms with Gasteiger partial charge in [0.25, 0.3) is 6.71 Å². The fraction of sp³-hybridized carbons (Fsp3) is 0.175. The molecule has 0 N–H and O–H groups in total. The molecule has 19 aromatic rings. The second-order valence-corrected chi connectivity index (χ2v) is 40.1. The Hall–Kier alpha value is -15.0. The van der Waals surface area contributed by atoms with Crippen LogP contribution in [-0.2, 0) is 39.9 Å². The summed E-state index contributed by atoms with van der Waals surface area (Å²) in [6.45, 7) is 28.8. The van der Waals surface area contributed by atoms with E-state index in [1.54, 1.807) is 9.13 Å². The van der Waals surface area contributed by atoms with Crippen molar-refractivity contribution in [3.8, 4) is 84.2 Å². The van der Waals surface area contributed by atoms with E-state index in [9.17, 15) is 21.7 Å². The van der Waals surface area contributed by atoms with Crippen molar-refractivity contribution >= 4 is 95.1 Å². The molecule has 25 rings (SSSR count). The van der Waals surface area contributed by atoms with Gasteiger partial charge in [-0.05, 0) is 306 Å². The molecule has 0 amide bonds. The second kappa shape index (κ2) is 29.8. The minimum atomic E-state index is -0.614. The maximum absolute atomic E-state index is 10.7. The molecule has 7 heteroatoms. The molecular formula is C126H101BN6. The summed E-state index contributed by atoms with van der Waals surface area (Å²) in [5.74, 6) is 0. The molecule has 0 atom stereocenters. The number of rotatable bonds is 14. The molecule has 0 fully saturated rings. The zero-order chi connectivity index (χ0) is 102. The van der Waals surface area contributed by atoms with Crippen LogP contribution in [0.1, 0.15) is 185 Å². The Morgan fingerprint density at radius 1 is 0.346 bits per heavy atom. The summed E-state index contributed by atoms with van der Waals surface area (Å²) in [4.78, 5) is 8.43. The van der Waals surface area contributed by atoms with Crippen LogP contribution in [0, 0.1) is 17.9 Å². The number of nitrogens with zero attached hydrogens (tertiary/aromatic N) is 6. The molecule has 0 saturated carbocycles. The van der Waals surface area contributed by atoms with Crippen LogP contribution in [-0.4, -0.2) is 28.9 Å². The highest BCUT2D eigenvalue weighted by Gasteiger charge is 2.54. The third kappa shape index (κ3) is 11.9. The Balaban J connectivity index is 0.670. The van der Waals surface area contributed by atoms with Crippen molar-refractivity contribution < 1.29 is 19.2 Å². The fourth-order valence-corrected chi connectivity index (χ4v) is 23.7. The molecule has 2 spiro atoms. The Bertz CT molecular complexity index is 8570. The Morgan fingerprint density at radius 2 is 0.722 bits per heavy atom. The van der Waals surface area contributed by atoms with Crippen LogP contribution in [0.2, 0.25) is 0 Å². The van der Waals surface area contributed by atoms with E-state index in [2.05, 4.69) is 320 Å². The minimum absolute atomic E-state index is 0.0208. The van der Waals surface area contributed by atoms with Crippen molar-refractivity contribution in [3.05, 3.63) is 441 Å². The molecule has 0 unspecified atom stereocenters. The van der Waals surface area contributed by atoms with Crippen LogP contribution in [0.15, 0.2) is 352 Å². The van der Waals surface area contributed by atoms with Crippen molar-refractivity contribution in [1.29, 1.82) is 5.26 Å². The number of para-hydroxylation sites is 2. The smallest absolute Gasteiger partial charge is 0.252 e. The van der Waals surface area contributed by atoms with E-state index in [0.717, 1.165) is 67.0 Å². The number of anilines is 4. The van der Waals surface area contributed by atoms with Gasteiger partial charge in [-0.3, -0.25) is 0 Å². The van der Waals surface area contributed by atoms with E-state index in [0.29, 0.717) is 63.0 Å². The van der Waals surface area contributed by atoms with E-state index < -0.39 is 119 Å². The maximum Gasteiger partial charge on any atom is 0.252 e. The van der Waals surface area contributed by atoms with E-state index >= 15 is 0 Å². The minimum Gasteiger partial charge on any atom is -0.342 e. The van der Waals surface area contributed by atoms with Crippen LogP contribution >= 0.6 is 0 Å². The first kappa shape index (κ1) is 66.4. The van der Waals surface area contributed by atoms with Crippen LogP contribution < -0.4 is 26.2 Å². The van der Waals surface area contributed by atoms with Crippen LogP contribution in [0.3, 0.4) is 0 Å². The monoisotopic (exact) mass is 1720 g/mol. The van der Waals surface area contributed by atoms with Crippen molar-refractivity contribution in [3.63, 3.8) is 0 Å². The van der Waals surface area contributed by atoms with Crippen LogP contribution in [0.4, 0.5) is 28.4 Å². The number of benzene rings is 17. The number of aromatic nitrogens is 2. The van der Waals surface area contributed by atoms with Crippen LogP contribution in [0.25, 0.3) is 127 Å². The molecule has 0 bridgehead atoms. The molecule has 6 nitrogen and oxygen atoms in total. The lowest BCUT2D eigenvalue weighted by molar-refractivity contribution is 0.589. The first-order valence-corrected chi connectivity index (χ1v) is 46.7. The second-order valence-electron chi connectivity index (χ2n) is 40.1. The lowest BCUT2D eigenvalue weighted by atomic mass is 9.33. The van der Waals surface area contributed by atoms with Gasteiger partial charge in [0.05, 0.1) is 67.6 Å². The number of hydrogen-bond acceptors (Lipinski definition) is 3. The Morgan fingerprint density at radius 3 is 1.12 bits per heavy atom. The normalized spacial score (nSPS) is 15.5. The quantitative estimate of drug-likeness (QED) is 0.0619. The SMILES string of the molecule is [2H]c1c([2H])c([2H])c2c(c1[2H])c1c([2H])c(C#N)c([2H])c([2H])c1n2-c1ccc2c(c1)N(CCCCc1ccc(C(C)(C)C)cc1-c1ccc3c(c1)C1(c4ccccc4-c4ccccc41)c1ccccc1-3)c1cc(C(C)(C)C)cc3c1B2c1ccc(-n2c4c([2H])c([2H])c([2H])c([2H])c4c4c([2H])c([N+]#[C-])c([2H])c([2H])c42)cc1N3CCCCc1ccc(C(C)(C)C)cc1-c1ccc2c(c1)C1(c3ccccc3-c3ccccc31)c1ccccc1-2. The summed E-state index contributed by atoms with van der Waals surface area (Å²) in [6.07, 6.45) is 4.08. The molecule has 17 aromatic carbocycles. The summed E-state index contributed by atoms with van der Waals surface area (Å²) in [5, 5.41) is 10.5. The van der Waals surface area contributed by atoms with Gasteiger partial charge in [-0.2, -0.15) is 5.26 Å². The summed E-state index contributed by atoms with van der Waals surface area (Å²) < 4.78 is 137. The molecule has 2 aromatic heterocycles. The molecule has 0 saturated heterocycles. The van der Waals surface area contributed by atoms with Crippen molar-refractivity contribution in [2.24, 2.45) is 0 Å². The molecule has 4 heterocycles. The third-order valence-electron chi connectivity index (χ3n) is 29.9. The van der Waals surface area contributed by atoms with Gasteiger partial charge in [-0.25, -0.2) is 4.85 Å². The Kier molecular flexibility index (Phi) is 14.8. The van der Waals surface area contributed by atoms with Crippen molar-refractivity contribution in [1.82, 2.24) is 9.13 Å². The topological polar surface area (TPSA) is 44.5 Å². The largest absolute Gasteiger partial charge is 0.342 e. The highest BCUT2D eigenvalue weighted by molar-refractivity contribution is 7.00. The summed E-state index contributed by atoms with van der Waals surface area (Å²) >= 11 is 0. The van der Waals surface area contributed by atoms with Gasteiger partial charge in [0.2, 0.25) is 0 Å². The average molecular weight is 1720 g/mol. The number of unbranched alkanes of at least 4 members (excludes halogenated alkanes) is 2. The number of aryl methyl sites for hydroxylation is 2. The first-order chi connectivity index (χ1) is 70.6. The molecule has 2 aliphatic heterocycles. The van der Waals surface area contributed by atoms with E-state index in [-0.39, 0.29) is 54.4 Å². The Labute approximate surface area is 800 Å². The summed E-state index contributed by atoms with van der Waals surface area (Å²) in [7, 11) is 0. The van der Waals surface area contributed by atoms with Gasteiger partial charge in [0.1, 0.15) is 0 Å². The van der Waals surface area contributed by atoms with Gasteiger partial charge in [-0.1, -0.05) is 323 Å². The van der Waals surface area contributed by atoms with Gasteiger partial charge in [-0.15, -0.1) is 0 Å². The zero-order valence-corrected chi connectivity index (χ0v) is 75.8. The van der Waals surface area contributed by atoms with E-state index in [4.69, 9.17) is 9.31 Å². The number of nitriles is 1. The molecule has 6 aliphatic rings. The zero-order valence-electron chi connectivity index (χ0n) is 89.8. The van der Waals surface area contributed by atoms with E-state index in [1.807, 2.05) is 30.3 Å². The number of fused-ring (bicyclic) bond motifs is 30.